The lowest BCUT2D eigenvalue weighted by molar-refractivity contribution is 0.645. The molecule has 0 saturated heterocycles. The van der Waals surface area contributed by atoms with Gasteiger partial charge in [-0.15, -0.1) is 0 Å². The summed E-state index contributed by atoms with van der Waals surface area (Å²) in [7, 11) is 0. The fourth-order valence-corrected chi connectivity index (χ4v) is 4.45. The first-order chi connectivity index (χ1) is 14.5. The first-order valence-electron chi connectivity index (χ1n) is 11.1. The average molecular weight is 397 g/mol. The predicted molar refractivity (Wildman–Crippen MR) is 127 cm³/mol. The second-order valence-corrected chi connectivity index (χ2v) is 9.01. The molecule has 2 aromatic carbocycles. The van der Waals surface area contributed by atoms with Crippen LogP contribution in [0.15, 0.2) is 84.2 Å². The SMILES string of the molecule is Cc1ccc(C2C=C(C(C)C)C(n3ccnc3-c3ccccc3)=C(C(C)C)C2)cc1. The van der Waals surface area contributed by atoms with E-state index in [1.807, 2.05) is 6.20 Å². The third-order valence-corrected chi connectivity index (χ3v) is 6.14. The quantitative estimate of drug-likeness (QED) is 0.437. The summed E-state index contributed by atoms with van der Waals surface area (Å²) < 4.78 is 2.32. The van der Waals surface area contributed by atoms with Gasteiger partial charge in [-0.05, 0) is 41.9 Å². The van der Waals surface area contributed by atoms with Crippen LogP contribution in [0.3, 0.4) is 0 Å². The van der Waals surface area contributed by atoms with Gasteiger partial charge in [-0.2, -0.15) is 0 Å². The van der Waals surface area contributed by atoms with Gasteiger partial charge in [0.05, 0.1) is 0 Å². The molecule has 154 valence electrons. The van der Waals surface area contributed by atoms with Crippen molar-refractivity contribution >= 4 is 5.70 Å². The van der Waals surface area contributed by atoms with Crippen LogP contribution in [0.25, 0.3) is 17.1 Å². The van der Waals surface area contributed by atoms with Gasteiger partial charge in [0.15, 0.2) is 0 Å². The van der Waals surface area contributed by atoms with Crippen molar-refractivity contribution in [2.24, 2.45) is 11.8 Å². The first-order valence-corrected chi connectivity index (χ1v) is 11.1. The molecule has 3 aromatic rings. The summed E-state index contributed by atoms with van der Waals surface area (Å²) in [6, 6.07) is 19.6. The van der Waals surface area contributed by atoms with E-state index in [0.717, 1.165) is 17.8 Å². The van der Waals surface area contributed by atoms with Crippen molar-refractivity contribution in [3.63, 3.8) is 0 Å². The minimum atomic E-state index is 0.424. The fraction of sp³-hybridized carbons (Fsp3) is 0.321. The first kappa shape index (κ1) is 20.4. The number of imidazole rings is 1. The lowest BCUT2D eigenvalue weighted by atomic mass is 9.77. The van der Waals surface area contributed by atoms with Crippen LogP contribution in [0.5, 0.6) is 0 Å². The van der Waals surface area contributed by atoms with E-state index in [0.29, 0.717) is 17.8 Å². The Morgan fingerprint density at radius 2 is 1.60 bits per heavy atom. The molecule has 4 rings (SSSR count). The molecular formula is C28H32N2. The van der Waals surface area contributed by atoms with Crippen molar-refractivity contribution in [3.8, 4) is 11.4 Å². The molecule has 0 aliphatic heterocycles. The van der Waals surface area contributed by atoms with Gasteiger partial charge in [0, 0.05) is 29.6 Å². The van der Waals surface area contributed by atoms with Gasteiger partial charge in [0.2, 0.25) is 0 Å². The summed E-state index contributed by atoms with van der Waals surface area (Å²) in [6.07, 6.45) is 7.61. The lowest BCUT2D eigenvalue weighted by Gasteiger charge is -2.32. The Balaban J connectivity index is 1.86. The van der Waals surface area contributed by atoms with Gasteiger partial charge in [-0.25, -0.2) is 4.98 Å². The number of aromatic nitrogens is 2. The predicted octanol–water partition coefficient (Wildman–Crippen LogP) is 7.50. The molecule has 2 heteroatoms. The van der Waals surface area contributed by atoms with E-state index in [1.165, 1.54) is 28.0 Å². The number of benzene rings is 2. The van der Waals surface area contributed by atoms with Gasteiger partial charge in [0.1, 0.15) is 5.82 Å². The zero-order chi connectivity index (χ0) is 21.3. The molecule has 0 fully saturated rings. The summed E-state index contributed by atoms with van der Waals surface area (Å²) in [6.45, 7) is 11.4. The van der Waals surface area contributed by atoms with Gasteiger partial charge >= 0.3 is 0 Å². The van der Waals surface area contributed by atoms with Gasteiger partial charge < -0.3 is 0 Å². The second kappa shape index (κ2) is 8.47. The van der Waals surface area contributed by atoms with Crippen molar-refractivity contribution in [2.45, 2.75) is 47.0 Å². The number of hydrogen-bond acceptors (Lipinski definition) is 1. The number of hydrogen-bond donors (Lipinski definition) is 0. The van der Waals surface area contributed by atoms with Crippen molar-refractivity contribution in [2.75, 3.05) is 0 Å². The number of aryl methyl sites for hydroxylation is 1. The molecule has 1 heterocycles. The van der Waals surface area contributed by atoms with Crippen LogP contribution in [-0.4, -0.2) is 9.55 Å². The van der Waals surface area contributed by atoms with E-state index in [1.54, 1.807) is 0 Å². The summed E-state index contributed by atoms with van der Waals surface area (Å²) in [5.41, 5.74) is 8.16. The van der Waals surface area contributed by atoms with E-state index in [-0.39, 0.29) is 0 Å². The molecule has 1 aromatic heterocycles. The maximum absolute atomic E-state index is 4.74. The van der Waals surface area contributed by atoms with Crippen LogP contribution in [0, 0.1) is 18.8 Å². The highest BCUT2D eigenvalue weighted by Gasteiger charge is 2.28. The largest absolute Gasteiger partial charge is 0.300 e. The molecule has 0 spiro atoms. The van der Waals surface area contributed by atoms with Crippen LogP contribution in [0.4, 0.5) is 0 Å². The Kier molecular flexibility index (Phi) is 5.76. The Labute approximate surface area is 181 Å². The Morgan fingerprint density at radius 1 is 0.900 bits per heavy atom. The highest BCUT2D eigenvalue weighted by Crippen LogP contribution is 2.43. The van der Waals surface area contributed by atoms with Crippen LogP contribution < -0.4 is 0 Å². The average Bonchev–Trinajstić information content (AvgIpc) is 3.23. The fourth-order valence-electron chi connectivity index (χ4n) is 4.45. The molecule has 0 amide bonds. The molecular weight excluding hydrogens is 364 g/mol. The molecule has 0 bridgehead atoms. The van der Waals surface area contributed by atoms with Gasteiger partial charge in [-0.1, -0.05) is 93.9 Å². The topological polar surface area (TPSA) is 17.8 Å². The van der Waals surface area contributed by atoms with Crippen molar-refractivity contribution in [3.05, 3.63) is 95.3 Å². The van der Waals surface area contributed by atoms with Crippen LogP contribution in [0.2, 0.25) is 0 Å². The van der Waals surface area contributed by atoms with E-state index in [4.69, 9.17) is 4.98 Å². The van der Waals surface area contributed by atoms with E-state index in [2.05, 4.69) is 106 Å². The lowest BCUT2D eigenvalue weighted by Crippen LogP contribution is -2.18. The smallest absolute Gasteiger partial charge is 0.144 e. The summed E-state index contributed by atoms with van der Waals surface area (Å²) >= 11 is 0. The zero-order valence-corrected chi connectivity index (χ0v) is 18.8. The molecule has 2 nitrogen and oxygen atoms in total. The zero-order valence-electron chi connectivity index (χ0n) is 18.8. The Bertz CT molecular complexity index is 1060. The molecule has 0 N–H and O–H groups in total. The van der Waals surface area contributed by atoms with Crippen molar-refractivity contribution < 1.29 is 0 Å². The Morgan fingerprint density at radius 3 is 2.23 bits per heavy atom. The van der Waals surface area contributed by atoms with Crippen LogP contribution in [-0.2, 0) is 0 Å². The van der Waals surface area contributed by atoms with Crippen molar-refractivity contribution in [1.29, 1.82) is 0 Å². The monoisotopic (exact) mass is 396 g/mol. The van der Waals surface area contributed by atoms with E-state index >= 15 is 0 Å². The summed E-state index contributed by atoms with van der Waals surface area (Å²) in [4.78, 5) is 4.74. The maximum Gasteiger partial charge on any atom is 0.144 e. The molecule has 1 aliphatic rings. The molecule has 0 radical (unpaired) electrons. The number of nitrogens with zero attached hydrogens (tertiary/aromatic N) is 2. The minimum Gasteiger partial charge on any atom is -0.300 e. The molecule has 1 atom stereocenters. The van der Waals surface area contributed by atoms with E-state index in [9.17, 15) is 0 Å². The Hall–Kier alpha value is -2.87. The van der Waals surface area contributed by atoms with Gasteiger partial charge in [0.25, 0.3) is 0 Å². The standard InChI is InChI=1S/C28H32N2/c1-19(2)25-17-24(22-13-11-21(5)12-14-22)18-26(20(3)4)27(25)30-16-15-29-28(30)23-9-7-6-8-10-23/h6-17,19-20,24H,18H2,1-5H3. The molecule has 0 saturated carbocycles. The van der Waals surface area contributed by atoms with Gasteiger partial charge in [-0.3, -0.25) is 4.57 Å². The third kappa shape index (κ3) is 3.92. The number of allylic oxidation sites excluding steroid dienone is 4. The minimum absolute atomic E-state index is 0.424. The normalized spacial score (nSPS) is 17.0. The molecule has 30 heavy (non-hydrogen) atoms. The van der Waals surface area contributed by atoms with E-state index < -0.39 is 0 Å². The second-order valence-electron chi connectivity index (χ2n) is 9.01. The van der Waals surface area contributed by atoms with Crippen molar-refractivity contribution in [1.82, 2.24) is 9.55 Å². The van der Waals surface area contributed by atoms with Crippen LogP contribution in [0.1, 0.15) is 51.2 Å². The third-order valence-electron chi connectivity index (χ3n) is 6.14. The highest BCUT2D eigenvalue weighted by molar-refractivity contribution is 5.75. The van der Waals surface area contributed by atoms with Crippen LogP contribution >= 0.6 is 0 Å². The highest BCUT2D eigenvalue weighted by atomic mass is 15.1. The molecule has 1 aliphatic carbocycles. The summed E-state index contributed by atoms with van der Waals surface area (Å²) in [5.74, 6) is 2.35. The summed E-state index contributed by atoms with van der Waals surface area (Å²) in [5, 5.41) is 0. The maximum atomic E-state index is 4.74. The number of rotatable bonds is 5. The molecule has 1 unspecified atom stereocenters.